The summed E-state index contributed by atoms with van der Waals surface area (Å²) in [6.07, 6.45) is 3.69. The highest BCUT2D eigenvalue weighted by molar-refractivity contribution is 7.89. The summed E-state index contributed by atoms with van der Waals surface area (Å²) in [6.45, 7) is 0.560. The van der Waals surface area contributed by atoms with Gasteiger partial charge in [0.15, 0.2) is 0 Å². The van der Waals surface area contributed by atoms with Crippen LogP contribution < -0.4 is 14.9 Å². The molecule has 7 nitrogen and oxygen atoms in total. The van der Waals surface area contributed by atoms with Crippen LogP contribution in [0.3, 0.4) is 0 Å². The highest BCUT2D eigenvalue weighted by Gasteiger charge is 2.13. The van der Waals surface area contributed by atoms with Gasteiger partial charge in [-0.15, -0.1) is 0 Å². The van der Waals surface area contributed by atoms with Crippen LogP contribution in [0.2, 0.25) is 0 Å². The molecule has 0 aliphatic heterocycles. The Balaban J connectivity index is 1.99. The molecule has 0 radical (unpaired) electrons. The fourth-order valence-corrected chi connectivity index (χ4v) is 2.76. The molecule has 0 fully saturated rings. The molecule has 0 saturated carbocycles. The molecule has 0 unspecified atom stereocenters. The number of ether oxygens (including phenoxy) is 1. The Morgan fingerprint density at radius 1 is 1.09 bits per heavy atom. The topological polar surface area (TPSA) is 101 Å². The molecule has 0 spiro atoms. The zero-order chi connectivity index (χ0) is 15.8. The summed E-state index contributed by atoms with van der Waals surface area (Å²) in [7, 11) is -3.56. The maximum Gasteiger partial charge on any atom is 0.240 e. The van der Waals surface area contributed by atoms with Gasteiger partial charge in [-0.25, -0.2) is 18.6 Å². The number of nitrogens with zero attached hydrogens (tertiary/aromatic N) is 1. The molecule has 1 aromatic carbocycles. The van der Waals surface area contributed by atoms with Crippen molar-refractivity contribution in [2.75, 3.05) is 13.1 Å². The smallest absolute Gasteiger partial charge is 0.240 e. The monoisotopic (exact) mass is 323 g/mol. The van der Waals surface area contributed by atoms with Crippen LogP contribution >= 0.6 is 0 Å². The van der Waals surface area contributed by atoms with E-state index in [9.17, 15) is 8.42 Å². The molecule has 0 aliphatic rings. The first-order valence-corrected chi connectivity index (χ1v) is 8.15. The van der Waals surface area contributed by atoms with Crippen molar-refractivity contribution in [3.63, 3.8) is 0 Å². The van der Waals surface area contributed by atoms with Gasteiger partial charge in [0.1, 0.15) is 11.5 Å². The second kappa shape index (κ2) is 7.85. The van der Waals surface area contributed by atoms with Gasteiger partial charge in [0.2, 0.25) is 10.0 Å². The molecule has 0 atom stereocenters. The molecule has 1 aromatic heterocycles. The van der Waals surface area contributed by atoms with E-state index in [1.54, 1.807) is 36.7 Å². The van der Waals surface area contributed by atoms with Crippen LogP contribution in [0, 0.1) is 0 Å². The van der Waals surface area contributed by atoms with E-state index in [2.05, 4.69) is 9.71 Å². The van der Waals surface area contributed by atoms with Crippen molar-refractivity contribution >= 4 is 10.0 Å². The lowest BCUT2D eigenvalue weighted by molar-refractivity contribution is 0.166. The fourth-order valence-electron chi connectivity index (χ4n) is 1.69. The normalized spacial score (nSPS) is 11.3. The van der Waals surface area contributed by atoms with Gasteiger partial charge in [0.25, 0.3) is 0 Å². The zero-order valence-corrected chi connectivity index (χ0v) is 12.6. The second-order valence-electron chi connectivity index (χ2n) is 4.42. The largest absolute Gasteiger partial charge is 0.456 e. The van der Waals surface area contributed by atoms with E-state index >= 15 is 0 Å². The minimum atomic E-state index is -3.56. The van der Waals surface area contributed by atoms with Gasteiger partial charge in [0, 0.05) is 19.3 Å². The second-order valence-corrected chi connectivity index (χ2v) is 6.19. The van der Waals surface area contributed by atoms with Crippen molar-refractivity contribution in [1.29, 1.82) is 0 Å². The molecular weight excluding hydrogens is 306 g/mol. The van der Waals surface area contributed by atoms with Gasteiger partial charge >= 0.3 is 0 Å². The minimum absolute atomic E-state index is 0.156. The number of rotatable bonds is 8. The maximum absolute atomic E-state index is 12.0. The van der Waals surface area contributed by atoms with Crippen molar-refractivity contribution in [3.05, 3.63) is 48.8 Å². The third-order valence-electron chi connectivity index (χ3n) is 2.76. The quantitative estimate of drug-likeness (QED) is 0.503. The zero-order valence-electron chi connectivity index (χ0n) is 11.8. The summed E-state index contributed by atoms with van der Waals surface area (Å²) < 4.78 is 32.0. The Morgan fingerprint density at radius 2 is 1.86 bits per heavy atom. The first-order valence-electron chi connectivity index (χ1n) is 6.66. The summed E-state index contributed by atoms with van der Waals surface area (Å²) in [4.78, 5) is 4.09. The molecule has 118 valence electrons. The van der Waals surface area contributed by atoms with Crippen LogP contribution in [-0.2, 0) is 10.0 Å². The van der Waals surface area contributed by atoms with E-state index < -0.39 is 10.0 Å². The predicted octanol–water partition coefficient (Wildman–Crippen LogP) is 1.52. The standard InChI is InChI=1S/C14H17N3O4S/c18-16-9-2-10-17-22(19,20)14-6-4-12(5-7-14)21-13-3-1-8-15-11-13/h1,3-8,11,16-18H,2,9-10H2. The van der Waals surface area contributed by atoms with E-state index in [4.69, 9.17) is 9.94 Å². The number of pyridine rings is 1. The van der Waals surface area contributed by atoms with Crippen LogP contribution in [0.1, 0.15) is 6.42 Å². The highest BCUT2D eigenvalue weighted by Crippen LogP contribution is 2.21. The molecular formula is C14H17N3O4S. The predicted molar refractivity (Wildman–Crippen MR) is 80.3 cm³/mol. The lowest BCUT2D eigenvalue weighted by atomic mass is 10.3. The Hall–Kier alpha value is -2.00. The number of nitrogens with one attached hydrogen (secondary N) is 2. The van der Waals surface area contributed by atoms with Gasteiger partial charge in [-0.05, 0) is 42.8 Å². The Kier molecular flexibility index (Phi) is 5.84. The summed E-state index contributed by atoms with van der Waals surface area (Å²) in [6, 6.07) is 9.61. The lowest BCUT2D eigenvalue weighted by Gasteiger charge is -2.08. The van der Waals surface area contributed by atoms with Crippen molar-refractivity contribution < 1.29 is 18.4 Å². The number of hydrogen-bond acceptors (Lipinski definition) is 6. The molecule has 0 saturated heterocycles. The number of hydrogen-bond donors (Lipinski definition) is 3. The molecule has 0 amide bonds. The molecule has 22 heavy (non-hydrogen) atoms. The van der Waals surface area contributed by atoms with E-state index in [-0.39, 0.29) is 11.4 Å². The number of sulfonamides is 1. The fraction of sp³-hybridized carbons (Fsp3) is 0.214. The summed E-state index contributed by atoms with van der Waals surface area (Å²) in [5, 5.41) is 8.42. The minimum Gasteiger partial charge on any atom is -0.456 e. The summed E-state index contributed by atoms with van der Waals surface area (Å²) in [5.74, 6) is 1.10. The van der Waals surface area contributed by atoms with Gasteiger partial charge in [0.05, 0.1) is 11.1 Å². The average Bonchev–Trinajstić information content (AvgIpc) is 2.53. The maximum atomic E-state index is 12.0. The van der Waals surface area contributed by atoms with Gasteiger partial charge in [-0.3, -0.25) is 4.98 Å². The molecule has 2 rings (SSSR count). The van der Waals surface area contributed by atoms with Crippen LogP contribution in [0.15, 0.2) is 53.7 Å². The number of hydroxylamine groups is 1. The van der Waals surface area contributed by atoms with Crippen molar-refractivity contribution in [2.24, 2.45) is 0 Å². The lowest BCUT2D eigenvalue weighted by Crippen LogP contribution is -2.26. The van der Waals surface area contributed by atoms with Crippen LogP contribution in [0.5, 0.6) is 11.5 Å². The molecule has 0 aliphatic carbocycles. The van der Waals surface area contributed by atoms with Crippen molar-refractivity contribution in [3.8, 4) is 11.5 Å². The Labute approximate surface area is 129 Å². The van der Waals surface area contributed by atoms with Gasteiger partial charge in [-0.1, -0.05) is 0 Å². The molecule has 0 bridgehead atoms. The summed E-state index contributed by atoms with van der Waals surface area (Å²) in [5.41, 5.74) is 1.97. The van der Waals surface area contributed by atoms with E-state index in [0.717, 1.165) is 0 Å². The SMILES string of the molecule is O=S(=O)(NCCCNO)c1ccc(Oc2cccnc2)cc1. The third-order valence-corrected chi connectivity index (χ3v) is 4.24. The molecule has 3 N–H and O–H groups in total. The van der Waals surface area contributed by atoms with E-state index in [1.165, 1.54) is 12.1 Å². The van der Waals surface area contributed by atoms with Crippen LogP contribution in [0.4, 0.5) is 0 Å². The number of benzene rings is 1. The number of aromatic nitrogens is 1. The molecule has 8 heteroatoms. The molecule has 2 aromatic rings. The van der Waals surface area contributed by atoms with Crippen molar-refractivity contribution in [1.82, 2.24) is 15.2 Å². The Bertz CT molecular complexity index is 675. The van der Waals surface area contributed by atoms with Crippen LogP contribution in [-0.4, -0.2) is 31.7 Å². The van der Waals surface area contributed by atoms with Crippen LogP contribution in [0.25, 0.3) is 0 Å². The van der Waals surface area contributed by atoms with E-state index in [1.807, 2.05) is 5.48 Å². The van der Waals surface area contributed by atoms with Crippen molar-refractivity contribution in [2.45, 2.75) is 11.3 Å². The van der Waals surface area contributed by atoms with E-state index in [0.29, 0.717) is 24.5 Å². The molecule has 1 heterocycles. The third kappa shape index (κ3) is 4.78. The first-order chi connectivity index (χ1) is 10.6. The Morgan fingerprint density at radius 3 is 2.50 bits per heavy atom. The van der Waals surface area contributed by atoms with Gasteiger partial charge < -0.3 is 9.94 Å². The summed E-state index contributed by atoms with van der Waals surface area (Å²) >= 11 is 0. The first kappa shape index (κ1) is 16.4. The van der Waals surface area contributed by atoms with Gasteiger partial charge in [-0.2, -0.15) is 0 Å². The highest BCUT2D eigenvalue weighted by atomic mass is 32.2. The average molecular weight is 323 g/mol.